The molecule has 6 nitrogen and oxygen atoms in total. The highest BCUT2D eigenvalue weighted by atomic mass is 32.2. The molecular weight excluding hydrogens is 414 g/mol. The molecule has 0 aliphatic carbocycles. The van der Waals surface area contributed by atoms with Gasteiger partial charge in [0.2, 0.25) is 0 Å². The second-order valence-corrected chi connectivity index (χ2v) is 11.0. The van der Waals surface area contributed by atoms with E-state index in [1.807, 2.05) is 25.1 Å². The van der Waals surface area contributed by atoms with Crippen molar-refractivity contribution in [1.29, 1.82) is 0 Å². The van der Waals surface area contributed by atoms with Gasteiger partial charge in [0.05, 0.1) is 23.4 Å². The van der Waals surface area contributed by atoms with Gasteiger partial charge >= 0.3 is 0 Å². The van der Waals surface area contributed by atoms with E-state index in [-0.39, 0.29) is 5.25 Å². The largest absolute Gasteiger partial charge is 0.351 e. The molecule has 28 heavy (non-hydrogen) atoms. The number of aryl methyl sites for hydroxylation is 1. The lowest BCUT2D eigenvalue weighted by atomic mass is 10.1. The lowest BCUT2D eigenvalue weighted by Crippen LogP contribution is -2.26. The number of thiophene rings is 1. The number of carbonyl (C=O) groups excluding carboxylic acids is 1. The molecule has 3 aromatic rings. The lowest BCUT2D eigenvalue weighted by molar-refractivity contribution is -0.107. The van der Waals surface area contributed by atoms with E-state index in [9.17, 15) is 13.2 Å². The zero-order valence-corrected chi connectivity index (χ0v) is 17.8. The molecule has 0 amide bonds. The number of aldehydes is 1. The van der Waals surface area contributed by atoms with Gasteiger partial charge in [-0.2, -0.15) is 0 Å². The van der Waals surface area contributed by atoms with E-state index in [1.165, 1.54) is 15.6 Å². The summed E-state index contributed by atoms with van der Waals surface area (Å²) in [5.41, 5.74) is 3.26. The second kappa shape index (κ2) is 7.38. The van der Waals surface area contributed by atoms with Crippen molar-refractivity contribution < 1.29 is 13.2 Å². The highest BCUT2D eigenvalue weighted by molar-refractivity contribution is 8.15. The molecule has 0 radical (unpaired) electrons. The molecule has 3 heterocycles. The fourth-order valence-corrected chi connectivity index (χ4v) is 6.59. The summed E-state index contributed by atoms with van der Waals surface area (Å²) in [6, 6.07) is 9.10. The van der Waals surface area contributed by atoms with E-state index in [0.29, 0.717) is 22.9 Å². The molecule has 0 bridgehead atoms. The molecule has 1 aliphatic heterocycles. The number of carbonyl (C=O) groups is 1. The molecule has 0 saturated carbocycles. The number of aromatic nitrogens is 1. The van der Waals surface area contributed by atoms with E-state index >= 15 is 0 Å². The van der Waals surface area contributed by atoms with Crippen LogP contribution in [0.5, 0.6) is 0 Å². The summed E-state index contributed by atoms with van der Waals surface area (Å²) in [4.78, 5) is 18.7. The monoisotopic (exact) mass is 433 g/mol. The third-order valence-corrected chi connectivity index (χ3v) is 9.14. The number of nitrogens with zero attached hydrogens (tertiary/aromatic N) is 2. The van der Waals surface area contributed by atoms with Crippen molar-refractivity contribution in [3.05, 3.63) is 47.0 Å². The minimum Gasteiger partial charge on any atom is -0.351 e. The van der Waals surface area contributed by atoms with Gasteiger partial charge in [0.15, 0.2) is 0 Å². The van der Waals surface area contributed by atoms with Gasteiger partial charge in [-0.15, -0.1) is 11.3 Å². The highest BCUT2D eigenvalue weighted by Crippen LogP contribution is 2.35. The quantitative estimate of drug-likeness (QED) is 0.599. The summed E-state index contributed by atoms with van der Waals surface area (Å²) in [6.45, 7) is 2.61. The number of anilines is 1. The molecule has 146 valence electrons. The summed E-state index contributed by atoms with van der Waals surface area (Å²) in [5.74, 6) is 0. The van der Waals surface area contributed by atoms with Gasteiger partial charge in [-0.05, 0) is 36.1 Å². The normalized spacial score (nSPS) is 17.1. The fourth-order valence-electron chi connectivity index (χ4n) is 3.19. The first-order valence-electron chi connectivity index (χ1n) is 8.71. The number of aromatic amines is 1. The molecule has 1 N–H and O–H groups in total. The van der Waals surface area contributed by atoms with Crippen LogP contribution in [0.15, 0.2) is 44.9 Å². The van der Waals surface area contributed by atoms with Crippen molar-refractivity contribution in [3.63, 3.8) is 0 Å². The molecule has 1 aliphatic rings. The maximum Gasteiger partial charge on any atom is 0.273 e. The zero-order valence-electron chi connectivity index (χ0n) is 15.4. The number of aliphatic imine (C=N–C) groups is 1. The van der Waals surface area contributed by atoms with Gasteiger partial charge in [-0.3, -0.25) is 9.30 Å². The van der Waals surface area contributed by atoms with Crippen LogP contribution >= 0.6 is 23.1 Å². The van der Waals surface area contributed by atoms with Crippen molar-refractivity contribution in [2.24, 2.45) is 4.99 Å². The Morgan fingerprint density at radius 2 is 2.18 bits per heavy atom. The summed E-state index contributed by atoms with van der Waals surface area (Å²) < 4.78 is 27.6. The van der Waals surface area contributed by atoms with Crippen molar-refractivity contribution in [1.82, 2.24) is 4.98 Å². The Morgan fingerprint density at radius 3 is 2.89 bits per heavy atom. The number of rotatable bonds is 6. The number of H-pyrrole nitrogens is 1. The Labute approximate surface area is 171 Å². The minimum absolute atomic E-state index is 0.168. The summed E-state index contributed by atoms with van der Waals surface area (Å²) >= 11 is 2.79. The van der Waals surface area contributed by atoms with Gasteiger partial charge in [0.25, 0.3) is 10.0 Å². The van der Waals surface area contributed by atoms with Gasteiger partial charge in [0.1, 0.15) is 15.5 Å². The van der Waals surface area contributed by atoms with Gasteiger partial charge in [-0.1, -0.05) is 23.9 Å². The maximum absolute atomic E-state index is 13.0. The SMILES string of the molecule is Cc1ccc(N(C)S(=O)(=O)c2cccs2)c2[nH]c(C3=NCC(CC=O)S3)cc12. The Hall–Kier alpha value is -2.10. The van der Waals surface area contributed by atoms with Crippen LogP contribution in [0.25, 0.3) is 10.9 Å². The maximum atomic E-state index is 13.0. The lowest BCUT2D eigenvalue weighted by Gasteiger charge is -2.19. The molecular formula is C19H19N3O3S3. The summed E-state index contributed by atoms with van der Waals surface area (Å²) in [5, 5.41) is 3.74. The Morgan fingerprint density at radius 1 is 1.36 bits per heavy atom. The fraction of sp³-hybridized carbons (Fsp3) is 0.263. The predicted octanol–water partition coefficient (Wildman–Crippen LogP) is 3.81. The van der Waals surface area contributed by atoms with Crippen molar-refractivity contribution >= 4 is 61.0 Å². The number of thioether (sulfide) groups is 1. The predicted molar refractivity (Wildman–Crippen MR) is 116 cm³/mol. The Bertz CT molecular complexity index is 1160. The first-order valence-corrected chi connectivity index (χ1v) is 11.9. The van der Waals surface area contributed by atoms with Crippen LogP contribution in [-0.4, -0.2) is 43.6 Å². The molecule has 9 heteroatoms. The highest BCUT2D eigenvalue weighted by Gasteiger charge is 2.26. The topological polar surface area (TPSA) is 82.6 Å². The van der Waals surface area contributed by atoms with Crippen molar-refractivity contribution in [2.75, 3.05) is 17.9 Å². The second-order valence-electron chi connectivity index (χ2n) is 6.57. The molecule has 0 spiro atoms. The van der Waals surface area contributed by atoms with E-state index in [1.54, 1.807) is 36.3 Å². The molecule has 1 atom stereocenters. The van der Waals surface area contributed by atoms with Crippen LogP contribution in [0.4, 0.5) is 5.69 Å². The molecule has 2 aromatic heterocycles. The van der Waals surface area contributed by atoms with Crippen LogP contribution in [0.3, 0.4) is 0 Å². The number of benzene rings is 1. The molecule has 1 aromatic carbocycles. The van der Waals surface area contributed by atoms with E-state index < -0.39 is 10.0 Å². The van der Waals surface area contributed by atoms with Gasteiger partial charge in [0, 0.05) is 24.1 Å². The molecule has 1 unspecified atom stereocenters. The number of sulfonamides is 1. The van der Waals surface area contributed by atoms with Crippen LogP contribution in [0.1, 0.15) is 17.7 Å². The third kappa shape index (κ3) is 3.27. The van der Waals surface area contributed by atoms with E-state index in [4.69, 9.17) is 0 Å². The van der Waals surface area contributed by atoms with Crippen LogP contribution in [-0.2, 0) is 14.8 Å². The standard InChI is InChI=1S/C19H19N3O3S3/c1-12-5-6-16(22(2)28(24,25)17-4-3-9-26-17)18-14(12)10-15(21-18)19-20-11-13(27-19)7-8-23/h3-6,8-10,13,21H,7,11H2,1-2H3. The molecule has 0 fully saturated rings. The van der Waals surface area contributed by atoms with Gasteiger partial charge in [-0.25, -0.2) is 8.42 Å². The number of fused-ring (bicyclic) bond motifs is 1. The minimum atomic E-state index is -3.62. The Balaban J connectivity index is 1.76. The number of nitrogens with one attached hydrogen (secondary N) is 1. The average Bonchev–Trinajstić information content (AvgIpc) is 3.41. The smallest absolute Gasteiger partial charge is 0.273 e. The van der Waals surface area contributed by atoms with Crippen molar-refractivity contribution in [2.45, 2.75) is 22.8 Å². The van der Waals surface area contributed by atoms with E-state index in [2.05, 4.69) is 9.98 Å². The molecule has 4 rings (SSSR count). The summed E-state index contributed by atoms with van der Waals surface area (Å²) in [6.07, 6.45) is 1.40. The van der Waals surface area contributed by atoms with E-state index in [0.717, 1.165) is 33.5 Å². The number of hydrogen-bond acceptors (Lipinski definition) is 6. The average molecular weight is 434 g/mol. The zero-order chi connectivity index (χ0) is 19.9. The van der Waals surface area contributed by atoms with Crippen LogP contribution in [0, 0.1) is 6.92 Å². The van der Waals surface area contributed by atoms with Gasteiger partial charge < -0.3 is 9.78 Å². The van der Waals surface area contributed by atoms with Crippen LogP contribution < -0.4 is 4.31 Å². The Kier molecular flexibility index (Phi) is 5.07. The first kappa shape index (κ1) is 19.2. The first-order chi connectivity index (χ1) is 13.4. The third-order valence-electron chi connectivity index (χ3n) is 4.75. The van der Waals surface area contributed by atoms with Crippen molar-refractivity contribution in [3.8, 4) is 0 Å². The summed E-state index contributed by atoms with van der Waals surface area (Å²) in [7, 11) is -2.05. The molecule has 0 saturated heterocycles. The van der Waals surface area contributed by atoms with Crippen LogP contribution in [0.2, 0.25) is 0 Å². The number of hydrogen-bond donors (Lipinski definition) is 1.